The van der Waals surface area contributed by atoms with Crippen LogP contribution >= 0.6 is 0 Å². The van der Waals surface area contributed by atoms with Crippen LogP contribution in [0.3, 0.4) is 0 Å². The van der Waals surface area contributed by atoms with Crippen molar-refractivity contribution in [3.05, 3.63) is 71.8 Å². The van der Waals surface area contributed by atoms with Crippen molar-refractivity contribution in [3.8, 4) is 16.9 Å². The maximum atomic E-state index is 15.2. The van der Waals surface area contributed by atoms with Gasteiger partial charge < -0.3 is 20.5 Å². The number of nitrogens with zero attached hydrogens (tertiary/aromatic N) is 1. The van der Waals surface area contributed by atoms with Gasteiger partial charge in [0.1, 0.15) is 11.6 Å². The van der Waals surface area contributed by atoms with Gasteiger partial charge in [-0.1, -0.05) is 12.1 Å². The molecule has 3 fully saturated rings. The third-order valence-electron chi connectivity index (χ3n) is 9.35. The maximum absolute atomic E-state index is 15.2. The van der Waals surface area contributed by atoms with Crippen LogP contribution in [0, 0.1) is 29.5 Å². The minimum absolute atomic E-state index is 0.00639. The van der Waals surface area contributed by atoms with E-state index in [4.69, 9.17) is 4.74 Å². The van der Waals surface area contributed by atoms with E-state index in [0.29, 0.717) is 30.5 Å². The molecule has 0 unspecified atom stereocenters. The van der Waals surface area contributed by atoms with Crippen molar-refractivity contribution >= 4 is 33.3 Å². The van der Waals surface area contributed by atoms with Gasteiger partial charge in [-0.25, -0.2) is 12.8 Å². The van der Waals surface area contributed by atoms with Crippen molar-refractivity contribution in [2.45, 2.75) is 48.0 Å². The van der Waals surface area contributed by atoms with Gasteiger partial charge in [0.05, 0.1) is 29.4 Å². The molecule has 248 valence electrons. The number of aliphatic carboxylic acids is 1. The van der Waals surface area contributed by atoms with Crippen LogP contribution in [0.4, 0.5) is 23.2 Å². The molecular weight excluding hydrogens is 646 g/mol. The summed E-state index contributed by atoms with van der Waals surface area (Å²) in [6.45, 7) is 0. The van der Waals surface area contributed by atoms with Gasteiger partial charge in [0.25, 0.3) is 15.7 Å². The number of nitrogens with one attached hydrogen (secondary N) is 2. The number of hydrogen-bond donors (Lipinski definition) is 3. The molecule has 10 nitrogen and oxygen atoms in total. The summed E-state index contributed by atoms with van der Waals surface area (Å²) < 4.78 is 83.5. The average Bonchev–Trinajstić information content (AvgIpc) is 3.59. The Hall–Kier alpha value is -4.53. The first-order chi connectivity index (χ1) is 22.2. The number of halogens is 4. The largest absolute Gasteiger partial charge is 0.501 e. The normalized spacial score (nSPS) is 24.9. The molecule has 2 amide bonds. The van der Waals surface area contributed by atoms with E-state index in [1.165, 1.54) is 25.4 Å². The number of aromatic nitrogens is 1. The summed E-state index contributed by atoms with van der Waals surface area (Å²) in [5, 5.41) is 14.6. The Labute approximate surface area is 266 Å². The molecule has 1 aromatic heterocycles. The number of carbonyl (C=O) groups excluding carboxylic acids is 2. The van der Waals surface area contributed by atoms with Gasteiger partial charge in [-0.2, -0.15) is 13.2 Å². The van der Waals surface area contributed by atoms with Gasteiger partial charge >= 0.3 is 11.5 Å². The van der Waals surface area contributed by atoms with Crippen molar-refractivity contribution in [2.24, 2.45) is 23.7 Å². The van der Waals surface area contributed by atoms with Gasteiger partial charge in [-0.15, -0.1) is 0 Å². The lowest BCUT2D eigenvalue weighted by molar-refractivity contribution is -0.138. The highest BCUT2D eigenvalue weighted by molar-refractivity contribution is 7.92. The number of hydrogen-bond acceptors (Lipinski definition) is 7. The maximum Gasteiger partial charge on any atom is 0.501 e. The third-order valence-corrected chi connectivity index (χ3v) is 10.8. The molecule has 3 aromatic rings. The highest BCUT2D eigenvalue weighted by atomic mass is 32.2. The zero-order valence-electron chi connectivity index (χ0n) is 24.8. The molecule has 15 heteroatoms. The fourth-order valence-corrected chi connectivity index (χ4v) is 7.71. The van der Waals surface area contributed by atoms with Gasteiger partial charge in [-0.05, 0) is 67.9 Å². The number of amides is 2. The number of benzene rings is 2. The molecule has 0 aliphatic heterocycles. The lowest BCUT2D eigenvalue weighted by Gasteiger charge is -2.31. The first kappa shape index (κ1) is 32.4. The van der Waals surface area contributed by atoms with Crippen molar-refractivity contribution in [1.29, 1.82) is 0 Å². The molecular formula is C32H29F4N3O7S. The summed E-state index contributed by atoms with van der Waals surface area (Å²) in [7, 11) is -4.36. The molecule has 2 bridgehead atoms. The van der Waals surface area contributed by atoms with Crippen LogP contribution in [0.5, 0.6) is 5.75 Å². The highest BCUT2D eigenvalue weighted by Gasteiger charge is 2.52. The van der Waals surface area contributed by atoms with E-state index in [2.05, 4.69) is 15.6 Å². The summed E-state index contributed by atoms with van der Waals surface area (Å²) in [6, 6.07) is 8.82. The summed E-state index contributed by atoms with van der Waals surface area (Å²) in [5.74, 6) is -4.55. The number of alkyl halides is 3. The van der Waals surface area contributed by atoms with Gasteiger partial charge in [0, 0.05) is 46.7 Å². The number of rotatable bonds is 9. The smallest absolute Gasteiger partial charge is 0.496 e. The number of fused-ring (bicyclic) bond motifs is 2. The van der Waals surface area contributed by atoms with Crippen LogP contribution in [-0.2, 0) is 19.4 Å². The lowest BCUT2D eigenvalue weighted by atomic mass is 9.83. The average molecular weight is 676 g/mol. The summed E-state index contributed by atoms with van der Waals surface area (Å²) in [6.07, 6.45) is 3.92. The standard InChI is InChI=1S/C32H29F4N3O7S/c1-46-26-13-24(33)20(17-7-8-25(37-14-17)21-12-22(21)31(42)43)11-23(26)29(40)39-28-16-6-5-15(9-16)27(28)30(41)38-18-3-2-4-19(10-18)47(44,45)32(34,35)36/h2-4,7-8,10-11,13-16,21-22,27-28H,5-6,9,12H2,1H3,(H,38,41)(H,39,40)(H,42,43)/t15-,16+,21-,22-,27+,28-/m1/s1. The van der Waals surface area contributed by atoms with Crippen LogP contribution < -0.4 is 15.4 Å². The van der Waals surface area contributed by atoms with E-state index in [-0.39, 0.29) is 40.3 Å². The predicted octanol–water partition coefficient (Wildman–Crippen LogP) is 5.16. The summed E-state index contributed by atoms with van der Waals surface area (Å²) in [4.78, 5) is 41.7. The van der Waals surface area contributed by atoms with E-state index < -0.39 is 61.7 Å². The molecule has 0 saturated heterocycles. The minimum atomic E-state index is -5.63. The fourth-order valence-electron chi connectivity index (χ4n) is 6.91. The third kappa shape index (κ3) is 6.03. The van der Waals surface area contributed by atoms with Crippen LogP contribution in [0.2, 0.25) is 0 Å². The Bertz CT molecular complexity index is 1870. The molecule has 1 heterocycles. The Morgan fingerprint density at radius 1 is 1.02 bits per heavy atom. The second-order valence-electron chi connectivity index (χ2n) is 12.1. The SMILES string of the molecule is COc1cc(F)c(-c2ccc([C@@H]3C[C@H]3C(=O)O)nc2)cc1C(=O)N[C@@H]1[C@H]2CC[C@H](C2)[C@@H]1C(=O)Nc1cccc(S(=O)(=O)C(F)(F)F)c1. The number of sulfone groups is 1. The number of methoxy groups -OCH3 is 1. The summed E-state index contributed by atoms with van der Waals surface area (Å²) >= 11 is 0. The number of anilines is 1. The van der Waals surface area contributed by atoms with Crippen molar-refractivity contribution in [1.82, 2.24) is 10.3 Å². The Morgan fingerprint density at radius 2 is 1.77 bits per heavy atom. The van der Waals surface area contributed by atoms with E-state index >= 15 is 4.39 Å². The molecule has 0 spiro atoms. The Kier molecular flexibility index (Phi) is 8.22. The molecule has 3 saturated carbocycles. The van der Waals surface area contributed by atoms with Crippen molar-refractivity contribution in [2.75, 3.05) is 12.4 Å². The lowest BCUT2D eigenvalue weighted by Crippen LogP contribution is -2.48. The van der Waals surface area contributed by atoms with E-state index in [1.807, 2.05) is 0 Å². The zero-order chi connectivity index (χ0) is 33.8. The molecule has 0 radical (unpaired) electrons. The second kappa shape index (κ2) is 11.9. The summed E-state index contributed by atoms with van der Waals surface area (Å²) in [5.41, 5.74) is -4.69. The van der Waals surface area contributed by atoms with E-state index in [1.54, 1.807) is 12.1 Å². The van der Waals surface area contributed by atoms with Gasteiger partial charge in [0.15, 0.2) is 0 Å². The fraction of sp³-hybridized carbons (Fsp3) is 0.375. The van der Waals surface area contributed by atoms with E-state index in [0.717, 1.165) is 30.7 Å². The number of carboxylic acid groups (broad SMARTS) is 1. The Morgan fingerprint density at radius 3 is 2.40 bits per heavy atom. The molecule has 47 heavy (non-hydrogen) atoms. The van der Waals surface area contributed by atoms with Crippen LogP contribution in [0.1, 0.15) is 47.7 Å². The first-order valence-corrected chi connectivity index (χ1v) is 16.3. The van der Waals surface area contributed by atoms with Crippen LogP contribution in [0.15, 0.2) is 59.6 Å². The molecule has 2 aromatic carbocycles. The molecule has 6 atom stereocenters. The van der Waals surface area contributed by atoms with Crippen LogP contribution in [-0.4, -0.2) is 55.0 Å². The zero-order valence-corrected chi connectivity index (χ0v) is 25.6. The molecule has 6 rings (SSSR count). The first-order valence-electron chi connectivity index (χ1n) is 14.8. The monoisotopic (exact) mass is 675 g/mol. The predicted molar refractivity (Wildman–Crippen MR) is 159 cm³/mol. The van der Waals surface area contributed by atoms with Gasteiger partial charge in [-0.3, -0.25) is 19.4 Å². The number of ether oxygens (including phenoxy) is 1. The van der Waals surface area contributed by atoms with Crippen molar-refractivity contribution < 1.29 is 50.2 Å². The number of pyridine rings is 1. The Balaban J connectivity index is 1.22. The van der Waals surface area contributed by atoms with Crippen LogP contribution in [0.25, 0.3) is 11.1 Å². The molecule has 3 aliphatic rings. The number of carboxylic acids is 1. The second-order valence-corrected chi connectivity index (χ2v) is 14.1. The quantitative estimate of drug-likeness (QED) is 0.263. The molecule has 3 N–H and O–H groups in total. The van der Waals surface area contributed by atoms with Crippen molar-refractivity contribution in [3.63, 3.8) is 0 Å². The topological polar surface area (TPSA) is 152 Å². The van der Waals surface area contributed by atoms with Gasteiger partial charge in [0.2, 0.25) is 5.91 Å². The number of carbonyl (C=O) groups is 3. The van der Waals surface area contributed by atoms with E-state index in [9.17, 15) is 41.1 Å². The highest BCUT2D eigenvalue weighted by Crippen LogP contribution is 2.49. The molecule has 3 aliphatic carbocycles. The minimum Gasteiger partial charge on any atom is -0.496 e.